The van der Waals surface area contributed by atoms with Gasteiger partial charge in [-0.15, -0.1) is 5.10 Å². The van der Waals surface area contributed by atoms with E-state index in [0.29, 0.717) is 18.7 Å². The molecular formula is C16H13FN6. The molecule has 6 nitrogen and oxygen atoms in total. The summed E-state index contributed by atoms with van der Waals surface area (Å²) in [6.45, 7) is 0.909. The van der Waals surface area contributed by atoms with E-state index in [1.54, 1.807) is 23.0 Å². The molecule has 0 aliphatic carbocycles. The predicted octanol–water partition coefficient (Wildman–Crippen LogP) is 2.26. The number of hydrogen-bond acceptors (Lipinski definition) is 4. The van der Waals surface area contributed by atoms with Gasteiger partial charge in [-0.2, -0.15) is 0 Å². The van der Waals surface area contributed by atoms with E-state index < -0.39 is 0 Å². The van der Waals surface area contributed by atoms with Gasteiger partial charge in [0.2, 0.25) is 0 Å². The lowest BCUT2D eigenvalue weighted by molar-refractivity contribution is 0.577. The quantitative estimate of drug-likeness (QED) is 0.580. The number of fused-ring (bicyclic) bond motifs is 1. The first-order valence-electron chi connectivity index (χ1n) is 7.17. The molecule has 3 heterocycles. The van der Waals surface area contributed by atoms with Crippen LogP contribution >= 0.6 is 0 Å². The van der Waals surface area contributed by atoms with Crippen LogP contribution in [0.3, 0.4) is 0 Å². The number of rotatable bonds is 4. The molecule has 0 aliphatic rings. The summed E-state index contributed by atoms with van der Waals surface area (Å²) in [6.07, 6.45) is 7.05. The highest BCUT2D eigenvalue weighted by Crippen LogP contribution is 2.13. The molecule has 0 radical (unpaired) electrons. The maximum atomic E-state index is 13.7. The van der Waals surface area contributed by atoms with Crippen molar-refractivity contribution in [1.82, 2.24) is 29.5 Å². The van der Waals surface area contributed by atoms with E-state index in [0.717, 1.165) is 16.7 Å². The Hall–Kier alpha value is -3.09. The molecule has 1 aromatic carbocycles. The van der Waals surface area contributed by atoms with Gasteiger partial charge in [0.15, 0.2) is 0 Å². The van der Waals surface area contributed by atoms with Gasteiger partial charge >= 0.3 is 0 Å². The largest absolute Gasteiger partial charge is 0.326 e. The molecule has 0 saturated carbocycles. The van der Waals surface area contributed by atoms with E-state index in [1.165, 1.54) is 12.4 Å². The average Bonchev–Trinajstić information content (AvgIpc) is 3.18. The fraction of sp³-hybridized carbons (Fsp3) is 0.125. The molecule has 0 aliphatic heterocycles. The van der Waals surface area contributed by atoms with Gasteiger partial charge in [0, 0.05) is 23.3 Å². The van der Waals surface area contributed by atoms with Crippen molar-refractivity contribution in [2.75, 3.05) is 0 Å². The van der Waals surface area contributed by atoms with Crippen LogP contribution in [-0.2, 0) is 13.1 Å². The monoisotopic (exact) mass is 308 g/mol. The second-order valence-electron chi connectivity index (χ2n) is 5.24. The summed E-state index contributed by atoms with van der Waals surface area (Å²) in [5.41, 5.74) is 2.23. The third-order valence-electron chi connectivity index (χ3n) is 3.63. The highest BCUT2D eigenvalue weighted by molar-refractivity contribution is 5.74. The lowest BCUT2D eigenvalue weighted by Gasteiger charge is -2.02. The number of halogens is 1. The summed E-state index contributed by atoms with van der Waals surface area (Å²) in [5, 5.41) is 9.20. The van der Waals surface area contributed by atoms with Crippen molar-refractivity contribution in [3.8, 4) is 0 Å². The van der Waals surface area contributed by atoms with Crippen LogP contribution in [0.15, 0.2) is 55.2 Å². The predicted molar refractivity (Wildman–Crippen MR) is 82.2 cm³/mol. The normalized spacial score (nSPS) is 11.2. The Morgan fingerprint density at radius 1 is 1.09 bits per heavy atom. The second kappa shape index (κ2) is 5.60. The fourth-order valence-electron chi connectivity index (χ4n) is 2.52. The SMILES string of the molecule is Fc1ccccc1Cn1cc(Cn2ccc3cncnc32)nn1. The van der Waals surface area contributed by atoms with Crippen molar-refractivity contribution in [3.05, 3.63) is 72.3 Å². The Balaban J connectivity index is 1.55. The van der Waals surface area contributed by atoms with Gasteiger partial charge in [0.1, 0.15) is 23.5 Å². The zero-order chi connectivity index (χ0) is 15.6. The van der Waals surface area contributed by atoms with Crippen LogP contribution in [0, 0.1) is 5.82 Å². The Labute approximate surface area is 131 Å². The molecule has 3 aromatic heterocycles. The first kappa shape index (κ1) is 13.6. The first-order chi connectivity index (χ1) is 11.3. The fourth-order valence-corrected chi connectivity index (χ4v) is 2.52. The van der Waals surface area contributed by atoms with Crippen LogP contribution in [0.2, 0.25) is 0 Å². The molecule has 4 rings (SSSR count). The molecule has 114 valence electrons. The van der Waals surface area contributed by atoms with Gasteiger partial charge in [0.25, 0.3) is 0 Å². The molecule has 0 fully saturated rings. The highest BCUT2D eigenvalue weighted by atomic mass is 19.1. The minimum atomic E-state index is -0.238. The topological polar surface area (TPSA) is 61.4 Å². The van der Waals surface area contributed by atoms with E-state index in [1.807, 2.05) is 29.1 Å². The molecule has 0 atom stereocenters. The van der Waals surface area contributed by atoms with E-state index in [2.05, 4.69) is 20.3 Å². The van der Waals surface area contributed by atoms with Crippen molar-refractivity contribution in [2.45, 2.75) is 13.1 Å². The summed E-state index contributed by atoms with van der Waals surface area (Å²) >= 11 is 0. The summed E-state index contributed by atoms with van der Waals surface area (Å²) in [7, 11) is 0. The van der Waals surface area contributed by atoms with Crippen molar-refractivity contribution >= 4 is 11.0 Å². The van der Waals surface area contributed by atoms with Crippen molar-refractivity contribution in [2.24, 2.45) is 0 Å². The van der Waals surface area contributed by atoms with Gasteiger partial charge in [-0.25, -0.2) is 19.0 Å². The molecule has 0 unspecified atom stereocenters. The first-order valence-corrected chi connectivity index (χ1v) is 7.17. The van der Waals surface area contributed by atoms with Crippen LogP contribution in [0.4, 0.5) is 4.39 Å². The molecule has 0 bridgehead atoms. The average molecular weight is 308 g/mol. The van der Waals surface area contributed by atoms with Crippen molar-refractivity contribution in [3.63, 3.8) is 0 Å². The third-order valence-corrected chi connectivity index (χ3v) is 3.63. The van der Waals surface area contributed by atoms with E-state index in [4.69, 9.17) is 0 Å². The minimum Gasteiger partial charge on any atom is -0.326 e. The molecule has 4 aromatic rings. The van der Waals surface area contributed by atoms with E-state index in [-0.39, 0.29) is 5.82 Å². The molecule has 0 spiro atoms. The summed E-state index contributed by atoms with van der Waals surface area (Å²) in [6, 6.07) is 8.62. The number of aromatic nitrogens is 6. The number of hydrogen-bond donors (Lipinski definition) is 0. The standard InChI is InChI=1S/C16H13FN6/c17-15-4-2-1-3-13(15)8-23-10-14(20-21-23)9-22-6-5-12-7-18-11-19-16(12)22/h1-7,10-11H,8-9H2. The van der Waals surface area contributed by atoms with Crippen molar-refractivity contribution in [1.29, 1.82) is 0 Å². The van der Waals surface area contributed by atoms with Crippen molar-refractivity contribution < 1.29 is 4.39 Å². The van der Waals surface area contributed by atoms with Gasteiger partial charge < -0.3 is 4.57 Å². The third kappa shape index (κ3) is 2.68. The van der Waals surface area contributed by atoms with Gasteiger partial charge in [-0.3, -0.25) is 0 Å². The maximum absolute atomic E-state index is 13.7. The Morgan fingerprint density at radius 3 is 2.91 bits per heavy atom. The molecule has 7 heteroatoms. The second-order valence-corrected chi connectivity index (χ2v) is 5.24. The summed E-state index contributed by atoms with van der Waals surface area (Å²) in [5.74, 6) is -0.238. The minimum absolute atomic E-state index is 0.238. The van der Waals surface area contributed by atoms with Gasteiger partial charge in [-0.05, 0) is 12.1 Å². The Bertz CT molecular complexity index is 958. The zero-order valence-electron chi connectivity index (χ0n) is 12.2. The van der Waals surface area contributed by atoms with Crippen LogP contribution in [-0.4, -0.2) is 29.5 Å². The van der Waals surface area contributed by atoms with Crippen LogP contribution < -0.4 is 0 Å². The summed E-state index contributed by atoms with van der Waals surface area (Å²) < 4.78 is 17.3. The summed E-state index contributed by atoms with van der Waals surface area (Å²) in [4.78, 5) is 8.27. The molecule has 0 N–H and O–H groups in total. The Kier molecular flexibility index (Phi) is 3.30. The van der Waals surface area contributed by atoms with Gasteiger partial charge in [-0.1, -0.05) is 23.4 Å². The highest BCUT2D eigenvalue weighted by Gasteiger charge is 2.08. The Morgan fingerprint density at radius 2 is 2.00 bits per heavy atom. The van der Waals surface area contributed by atoms with Crippen LogP contribution in [0.25, 0.3) is 11.0 Å². The smallest absolute Gasteiger partial charge is 0.143 e. The number of nitrogens with zero attached hydrogens (tertiary/aromatic N) is 6. The lowest BCUT2D eigenvalue weighted by Crippen LogP contribution is -2.02. The maximum Gasteiger partial charge on any atom is 0.143 e. The zero-order valence-corrected chi connectivity index (χ0v) is 12.2. The molecule has 0 saturated heterocycles. The van der Waals surface area contributed by atoms with E-state index >= 15 is 0 Å². The molecule has 0 amide bonds. The van der Waals surface area contributed by atoms with Crippen LogP contribution in [0.1, 0.15) is 11.3 Å². The van der Waals surface area contributed by atoms with E-state index in [9.17, 15) is 4.39 Å². The van der Waals surface area contributed by atoms with Gasteiger partial charge in [0.05, 0.1) is 19.3 Å². The van der Waals surface area contributed by atoms with Crippen LogP contribution in [0.5, 0.6) is 0 Å². The molecule has 23 heavy (non-hydrogen) atoms. The molecular weight excluding hydrogens is 295 g/mol. The number of benzene rings is 1. The lowest BCUT2D eigenvalue weighted by atomic mass is 10.2.